The summed E-state index contributed by atoms with van der Waals surface area (Å²) >= 11 is 4.25. The van der Waals surface area contributed by atoms with Crippen LogP contribution in [0.4, 0.5) is 10.7 Å². The zero-order valence-electron chi connectivity index (χ0n) is 16.9. The van der Waals surface area contributed by atoms with Crippen LogP contribution < -0.4 is 9.64 Å². The Balaban J connectivity index is 1.47. The van der Waals surface area contributed by atoms with E-state index in [1.165, 1.54) is 19.5 Å². The lowest BCUT2D eigenvalue weighted by Gasteiger charge is -2.26. The number of ether oxygens (including phenoxy) is 1. The van der Waals surface area contributed by atoms with Crippen molar-refractivity contribution in [3.05, 3.63) is 45.0 Å². The van der Waals surface area contributed by atoms with Crippen LogP contribution in [-0.4, -0.2) is 51.3 Å². The number of nitrogens with zero attached hydrogens (tertiary/aromatic N) is 4. The van der Waals surface area contributed by atoms with Crippen LogP contribution in [0.3, 0.4) is 0 Å². The molecule has 2 saturated heterocycles. The third-order valence-electron chi connectivity index (χ3n) is 5.08. The molecule has 2 aliphatic rings. The van der Waals surface area contributed by atoms with E-state index in [4.69, 9.17) is 4.74 Å². The first-order chi connectivity index (χ1) is 14.9. The molecule has 2 aliphatic heterocycles. The van der Waals surface area contributed by atoms with Crippen LogP contribution in [0.5, 0.6) is 11.5 Å². The Morgan fingerprint density at radius 1 is 1.19 bits per heavy atom. The Morgan fingerprint density at radius 2 is 1.90 bits per heavy atom. The molecular formula is C21H21BrN4O4S. The lowest BCUT2D eigenvalue weighted by molar-refractivity contribution is -0.121. The van der Waals surface area contributed by atoms with Crippen LogP contribution in [0.25, 0.3) is 6.08 Å². The second-order valence-corrected chi connectivity index (χ2v) is 9.16. The van der Waals surface area contributed by atoms with Gasteiger partial charge in [-0.3, -0.25) is 14.5 Å². The first-order valence-electron chi connectivity index (χ1n) is 9.85. The van der Waals surface area contributed by atoms with Crippen molar-refractivity contribution in [3.8, 4) is 11.5 Å². The molecule has 1 aromatic heterocycles. The molecule has 0 bridgehead atoms. The third kappa shape index (κ3) is 4.85. The van der Waals surface area contributed by atoms with Crippen LogP contribution in [0.15, 0.2) is 33.9 Å². The quantitative estimate of drug-likeness (QED) is 0.605. The first-order valence-corrected chi connectivity index (χ1v) is 11.5. The van der Waals surface area contributed by atoms with Gasteiger partial charge < -0.3 is 14.7 Å². The number of hydrogen-bond donors (Lipinski definition) is 1. The Kier molecular flexibility index (Phi) is 6.47. The van der Waals surface area contributed by atoms with Gasteiger partial charge in [-0.05, 0) is 54.8 Å². The molecule has 0 atom stereocenters. The third-order valence-corrected chi connectivity index (χ3v) is 6.72. The molecule has 0 aliphatic carbocycles. The average molecular weight is 505 g/mol. The second kappa shape index (κ2) is 9.27. The minimum absolute atomic E-state index is 0.0431. The van der Waals surface area contributed by atoms with Gasteiger partial charge in [0.1, 0.15) is 6.61 Å². The molecule has 0 saturated carbocycles. The molecule has 1 N–H and O–H groups in total. The van der Waals surface area contributed by atoms with E-state index in [1.807, 2.05) is 0 Å². The number of rotatable bonds is 5. The van der Waals surface area contributed by atoms with Gasteiger partial charge in [-0.1, -0.05) is 15.9 Å². The fourth-order valence-corrected chi connectivity index (χ4v) is 4.58. The van der Waals surface area contributed by atoms with Gasteiger partial charge in [0.2, 0.25) is 5.95 Å². The van der Waals surface area contributed by atoms with Gasteiger partial charge in [0, 0.05) is 42.6 Å². The van der Waals surface area contributed by atoms with E-state index in [-0.39, 0.29) is 29.3 Å². The number of aromatic hydroxyl groups is 1. The van der Waals surface area contributed by atoms with Gasteiger partial charge in [0.15, 0.2) is 11.5 Å². The number of halogens is 1. The summed E-state index contributed by atoms with van der Waals surface area (Å²) < 4.78 is 6.35. The number of amides is 2. The SMILES string of the molecule is CN1C(=O)S/C(=C\c2cc(OCc3cnc(N4CCCCC4)nc3)c(O)cc2Br)C1=O. The first kappa shape index (κ1) is 21.6. The van der Waals surface area contributed by atoms with E-state index in [9.17, 15) is 14.7 Å². The number of likely N-dealkylation sites (N-methyl/N-ethyl adjacent to an activating group) is 1. The average Bonchev–Trinajstić information content (AvgIpc) is 3.02. The number of benzene rings is 1. The number of piperidine rings is 1. The largest absolute Gasteiger partial charge is 0.504 e. The summed E-state index contributed by atoms with van der Waals surface area (Å²) in [5.74, 6) is 0.578. The smallest absolute Gasteiger partial charge is 0.293 e. The van der Waals surface area contributed by atoms with Crippen LogP contribution in [-0.2, 0) is 11.4 Å². The fraction of sp³-hybridized carbons (Fsp3) is 0.333. The maximum atomic E-state index is 12.1. The summed E-state index contributed by atoms with van der Waals surface area (Å²) in [6.45, 7) is 2.13. The summed E-state index contributed by atoms with van der Waals surface area (Å²) in [4.78, 5) is 36.3. The van der Waals surface area contributed by atoms with E-state index >= 15 is 0 Å². The Labute approximate surface area is 192 Å². The number of carbonyl (C=O) groups is 2. The molecule has 0 unspecified atom stereocenters. The number of phenols is 1. The Morgan fingerprint density at radius 3 is 2.55 bits per heavy atom. The molecule has 4 rings (SSSR count). The van der Waals surface area contributed by atoms with E-state index < -0.39 is 0 Å². The van der Waals surface area contributed by atoms with Gasteiger partial charge in [-0.25, -0.2) is 9.97 Å². The highest BCUT2D eigenvalue weighted by Gasteiger charge is 2.32. The molecular weight excluding hydrogens is 484 g/mol. The molecule has 0 radical (unpaired) electrons. The van der Waals surface area contributed by atoms with Gasteiger partial charge >= 0.3 is 0 Å². The highest BCUT2D eigenvalue weighted by Crippen LogP contribution is 2.37. The molecule has 2 fully saturated rings. The monoisotopic (exact) mass is 504 g/mol. The molecule has 2 amide bonds. The summed E-state index contributed by atoms with van der Waals surface area (Å²) in [6.07, 6.45) is 8.61. The predicted octanol–water partition coefficient (Wildman–Crippen LogP) is 4.18. The molecule has 0 spiro atoms. The summed E-state index contributed by atoms with van der Waals surface area (Å²) in [6, 6.07) is 3.11. The van der Waals surface area contributed by atoms with Crippen molar-refractivity contribution >= 4 is 50.9 Å². The number of thioether (sulfide) groups is 1. The minimum Gasteiger partial charge on any atom is -0.504 e. The molecule has 31 heavy (non-hydrogen) atoms. The Hall–Kier alpha value is -2.59. The maximum absolute atomic E-state index is 12.1. The standard InChI is InChI=1S/C21H21BrN4O4S/c1-25-19(28)18(31-21(25)29)8-14-7-17(16(27)9-15(14)22)30-12-13-10-23-20(24-11-13)26-5-3-2-4-6-26/h7-11,27H,2-6,12H2,1H3/b18-8-. The fourth-order valence-electron chi connectivity index (χ4n) is 3.31. The molecule has 2 aromatic rings. The van der Waals surface area contributed by atoms with Gasteiger partial charge in [0.05, 0.1) is 4.91 Å². The number of phenolic OH excluding ortho intramolecular Hbond substituents is 1. The number of anilines is 1. The van der Waals surface area contributed by atoms with Crippen molar-refractivity contribution in [2.75, 3.05) is 25.0 Å². The van der Waals surface area contributed by atoms with E-state index in [0.29, 0.717) is 14.9 Å². The van der Waals surface area contributed by atoms with E-state index in [1.54, 1.807) is 24.5 Å². The number of carbonyl (C=O) groups excluding carboxylic acids is 2. The number of aromatic nitrogens is 2. The van der Waals surface area contributed by atoms with Crippen molar-refractivity contribution < 1.29 is 19.4 Å². The van der Waals surface area contributed by atoms with Gasteiger partial charge in [0.25, 0.3) is 11.1 Å². The number of hydrogen-bond acceptors (Lipinski definition) is 8. The molecule has 3 heterocycles. The summed E-state index contributed by atoms with van der Waals surface area (Å²) in [5.41, 5.74) is 1.39. The number of imide groups is 1. The highest BCUT2D eigenvalue weighted by molar-refractivity contribution is 9.10. The van der Waals surface area contributed by atoms with Crippen molar-refractivity contribution in [2.45, 2.75) is 25.9 Å². The normalized spacial score (nSPS) is 18.2. The molecule has 8 nitrogen and oxygen atoms in total. The summed E-state index contributed by atoms with van der Waals surface area (Å²) in [5, 5.41) is 9.93. The maximum Gasteiger partial charge on any atom is 0.293 e. The van der Waals surface area contributed by atoms with Crippen LogP contribution in [0, 0.1) is 0 Å². The molecule has 162 valence electrons. The lowest BCUT2D eigenvalue weighted by atomic mass is 10.1. The van der Waals surface area contributed by atoms with Crippen molar-refractivity contribution in [1.82, 2.24) is 14.9 Å². The summed E-state index contributed by atoms with van der Waals surface area (Å²) in [7, 11) is 1.44. The Bertz CT molecular complexity index is 1040. The van der Waals surface area contributed by atoms with Crippen molar-refractivity contribution in [3.63, 3.8) is 0 Å². The van der Waals surface area contributed by atoms with Crippen LogP contribution >= 0.6 is 27.7 Å². The van der Waals surface area contributed by atoms with E-state index in [2.05, 4.69) is 30.8 Å². The van der Waals surface area contributed by atoms with Crippen molar-refractivity contribution in [2.24, 2.45) is 0 Å². The van der Waals surface area contributed by atoms with Gasteiger partial charge in [-0.2, -0.15) is 0 Å². The minimum atomic E-state index is -0.358. The van der Waals surface area contributed by atoms with Crippen molar-refractivity contribution in [1.29, 1.82) is 0 Å². The van der Waals surface area contributed by atoms with E-state index in [0.717, 1.165) is 54.1 Å². The van der Waals surface area contributed by atoms with Crippen LogP contribution in [0.1, 0.15) is 30.4 Å². The molecule has 10 heteroatoms. The lowest BCUT2D eigenvalue weighted by Crippen LogP contribution is -2.30. The topological polar surface area (TPSA) is 95.9 Å². The zero-order chi connectivity index (χ0) is 22.0. The van der Waals surface area contributed by atoms with Gasteiger partial charge in [-0.15, -0.1) is 0 Å². The second-order valence-electron chi connectivity index (χ2n) is 7.31. The zero-order valence-corrected chi connectivity index (χ0v) is 19.3. The highest BCUT2D eigenvalue weighted by atomic mass is 79.9. The van der Waals surface area contributed by atoms with Crippen LogP contribution in [0.2, 0.25) is 0 Å². The molecule has 1 aromatic carbocycles. The predicted molar refractivity (Wildman–Crippen MR) is 122 cm³/mol.